The molecule has 1 aromatic carbocycles. The summed E-state index contributed by atoms with van der Waals surface area (Å²) < 4.78 is 17.7. The molecule has 10 heteroatoms. The molecule has 2 aromatic heterocycles. The first-order valence-corrected chi connectivity index (χ1v) is 12.2. The maximum atomic E-state index is 13.0. The third-order valence-corrected chi connectivity index (χ3v) is 7.09. The lowest BCUT2D eigenvalue weighted by atomic mass is 9.97. The Balaban J connectivity index is 1.14. The normalized spacial score (nSPS) is 14.8. The van der Waals surface area contributed by atoms with E-state index in [0.717, 1.165) is 42.5 Å². The Kier molecular flexibility index (Phi) is 6.48. The smallest absolute Gasteiger partial charge is 0.308 e. The van der Waals surface area contributed by atoms with E-state index >= 15 is 0 Å². The molecule has 0 saturated heterocycles. The van der Waals surface area contributed by atoms with Crippen molar-refractivity contribution in [3.8, 4) is 11.5 Å². The number of fused-ring (bicyclic) bond motifs is 4. The molecule has 0 unspecified atom stereocenters. The maximum Gasteiger partial charge on any atom is 0.308 e. The second-order valence-corrected chi connectivity index (χ2v) is 9.39. The number of nitrogens with one attached hydrogen (secondary N) is 1. The SMILES string of the molecule is O=C(COC(=O)CCn1cnc2sc3c(c2c1=O)CCCC3)Nc1ccc2c(c1)OCCCO2. The zero-order valence-corrected chi connectivity index (χ0v) is 19.4. The summed E-state index contributed by atoms with van der Waals surface area (Å²) in [6.45, 7) is 0.856. The number of rotatable bonds is 6. The van der Waals surface area contributed by atoms with E-state index in [4.69, 9.17) is 14.2 Å². The number of amides is 1. The molecule has 1 amide bonds. The molecule has 1 aliphatic carbocycles. The minimum atomic E-state index is -0.562. The Bertz CT molecular complexity index is 1300. The summed E-state index contributed by atoms with van der Waals surface area (Å²) in [6.07, 6.45) is 6.36. The summed E-state index contributed by atoms with van der Waals surface area (Å²) in [5, 5.41) is 3.37. The Morgan fingerprint density at radius 1 is 1.12 bits per heavy atom. The maximum absolute atomic E-state index is 13.0. The fourth-order valence-corrected chi connectivity index (χ4v) is 5.43. The lowest BCUT2D eigenvalue weighted by molar-refractivity contribution is -0.147. The van der Waals surface area contributed by atoms with Gasteiger partial charge in [-0.15, -0.1) is 11.3 Å². The van der Waals surface area contributed by atoms with Gasteiger partial charge in [0.1, 0.15) is 4.83 Å². The average Bonchev–Trinajstić information content (AvgIpc) is 3.06. The molecule has 1 N–H and O–H groups in total. The molecule has 34 heavy (non-hydrogen) atoms. The Labute approximate surface area is 199 Å². The Morgan fingerprint density at radius 3 is 2.82 bits per heavy atom. The van der Waals surface area contributed by atoms with Gasteiger partial charge in [-0.2, -0.15) is 0 Å². The monoisotopic (exact) mass is 483 g/mol. The number of thiophene rings is 1. The highest BCUT2D eigenvalue weighted by atomic mass is 32.1. The van der Waals surface area contributed by atoms with Crippen LogP contribution in [0.25, 0.3) is 10.2 Å². The summed E-state index contributed by atoms with van der Waals surface area (Å²) in [6, 6.07) is 5.11. The first-order chi connectivity index (χ1) is 16.6. The third kappa shape index (κ3) is 4.77. The van der Waals surface area contributed by atoms with Crippen LogP contribution in [0.1, 0.15) is 36.1 Å². The van der Waals surface area contributed by atoms with Crippen molar-refractivity contribution >= 4 is 39.1 Å². The van der Waals surface area contributed by atoms with Crippen LogP contribution in [0.4, 0.5) is 5.69 Å². The molecule has 0 saturated carbocycles. The van der Waals surface area contributed by atoms with Crippen LogP contribution in [-0.2, 0) is 33.7 Å². The van der Waals surface area contributed by atoms with E-state index in [-0.39, 0.29) is 18.5 Å². The molecule has 3 aromatic rings. The number of carbonyl (C=O) groups is 2. The highest BCUT2D eigenvalue weighted by Crippen LogP contribution is 2.34. The topological polar surface area (TPSA) is 109 Å². The number of aromatic nitrogens is 2. The van der Waals surface area contributed by atoms with Crippen LogP contribution < -0.4 is 20.3 Å². The molecule has 178 valence electrons. The zero-order chi connectivity index (χ0) is 23.5. The van der Waals surface area contributed by atoms with Crippen molar-refractivity contribution in [3.05, 3.63) is 45.3 Å². The summed E-state index contributed by atoms with van der Waals surface area (Å²) in [5.41, 5.74) is 1.52. The molecule has 0 atom stereocenters. The summed E-state index contributed by atoms with van der Waals surface area (Å²) in [4.78, 5) is 43.8. The average molecular weight is 484 g/mol. The molecule has 0 radical (unpaired) electrons. The van der Waals surface area contributed by atoms with E-state index in [1.54, 1.807) is 29.5 Å². The van der Waals surface area contributed by atoms with Crippen LogP contribution in [0.15, 0.2) is 29.3 Å². The fraction of sp³-hybridized carbons (Fsp3) is 0.417. The predicted octanol–water partition coefficient (Wildman–Crippen LogP) is 3.07. The van der Waals surface area contributed by atoms with E-state index < -0.39 is 18.5 Å². The highest BCUT2D eigenvalue weighted by molar-refractivity contribution is 7.18. The van der Waals surface area contributed by atoms with E-state index in [1.165, 1.54) is 15.8 Å². The van der Waals surface area contributed by atoms with Crippen LogP contribution in [0, 0.1) is 0 Å². The molecule has 9 nitrogen and oxygen atoms in total. The van der Waals surface area contributed by atoms with Crippen molar-refractivity contribution in [3.63, 3.8) is 0 Å². The molecular formula is C24H25N3O6S. The first-order valence-electron chi connectivity index (χ1n) is 11.4. The van der Waals surface area contributed by atoms with Gasteiger partial charge in [0.2, 0.25) is 0 Å². The van der Waals surface area contributed by atoms with Gasteiger partial charge in [-0.1, -0.05) is 0 Å². The van der Waals surface area contributed by atoms with Crippen LogP contribution in [0.2, 0.25) is 0 Å². The quantitative estimate of drug-likeness (QED) is 0.537. The van der Waals surface area contributed by atoms with Crippen molar-refractivity contribution < 1.29 is 23.8 Å². The van der Waals surface area contributed by atoms with E-state index in [9.17, 15) is 14.4 Å². The number of carbonyl (C=O) groups excluding carboxylic acids is 2. The van der Waals surface area contributed by atoms with E-state index in [0.29, 0.717) is 35.8 Å². The van der Waals surface area contributed by atoms with Crippen LogP contribution in [0.5, 0.6) is 11.5 Å². The van der Waals surface area contributed by atoms with Gasteiger partial charge in [-0.25, -0.2) is 4.98 Å². The minimum absolute atomic E-state index is 0.0310. The molecule has 5 rings (SSSR count). The second-order valence-electron chi connectivity index (χ2n) is 8.31. The van der Waals surface area contributed by atoms with E-state index in [2.05, 4.69) is 10.3 Å². The molecular weight excluding hydrogens is 458 g/mol. The number of hydrogen-bond donors (Lipinski definition) is 1. The highest BCUT2D eigenvalue weighted by Gasteiger charge is 2.20. The summed E-state index contributed by atoms with van der Waals surface area (Å²) in [7, 11) is 0. The Morgan fingerprint density at radius 2 is 1.94 bits per heavy atom. The van der Waals surface area contributed by atoms with Crippen LogP contribution >= 0.6 is 11.3 Å². The van der Waals surface area contributed by atoms with Crippen molar-refractivity contribution in [2.24, 2.45) is 0 Å². The number of nitrogens with zero attached hydrogens (tertiary/aromatic N) is 2. The van der Waals surface area contributed by atoms with Crippen molar-refractivity contribution in [1.29, 1.82) is 0 Å². The molecule has 0 spiro atoms. The number of anilines is 1. The molecule has 0 fully saturated rings. The number of ether oxygens (including phenoxy) is 3. The van der Waals surface area contributed by atoms with Gasteiger partial charge >= 0.3 is 5.97 Å². The third-order valence-electron chi connectivity index (χ3n) is 5.89. The lowest BCUT2D eigenvalue weighted by Gasteiger charge is -2.11. The van der Waals surface area contributed by atoms with Gasteiger partial charge in [0.25, 0.3) is 11.5 Å². The molecule has 2 aliphatic rings. The van der Waals surface area contributed by atoms with Crippen molar-refractivity contribution in [2.75, 3.05) is 25.1 Å². The zero-order valence-electron chi connectivity index (χ0n) is 18.6. The van der Waals surface area contributed by atoms with Gasteiger partial charge < -0.3 is 19.5 Å². The summed E-state index contributed by atoms with van der Waals surface area (Å²) >= 11 is 1.59. The standard InChI is InChI=1S/C24H25N3O6S/c28-20(26-15-6-7-17-18(12-15)32-11-3-10-31-17)13-33-21(29)8-9-27-14-25-23-22(24(27)30)16-4-1-2-5-19(16)34-23/h6-7,12,14H,1-5,8-11,13H2,(H,26,28). The summed E-state index contributed by atoms with van der Waals surface area (Å²) in [5.74, 6) is 0.171. The number of hydrogen-bond acceptors (Lipinski definition) is 8. The van der Waals surface area contributed by atoms with Gasteiger partial charge in [-0.3, -0.25) is 19.0 Å². The van der Waals surface area contributed by atoms with Gasteiger partial charge in [-0.05, 0) is 43.4 Å². The van der Waals surface area contributed by atoms with Gasteiger partial charge in [0.05, 0.1) is 31.3 Å². The fourth-order valence-electron chi connectivity index (χ4n) is 4.21. The number of benzene rings is 1. The largest absolute Gasteiger partial charge is 0.490 e. The first kappa shape index (κ1) is 22.4. The second kappa shape index (κ2) is 9.84. The van der Waals surface area contributed by atoms with Gasteiger partial charge in [0, 0.05) is 29.6 Å². The van der Waals surface area contributed by atoms with Crippen molar-refractivity contribution in [2.45, 2.75) is 45.1 Å². The number of aryl methyl sites for hydroxylation is 3. The minimum Gasteiger partial charge on any atom is -0.490 e. The van der Waals surface area contributed by atoms with Gasteiger partial charge in [0.15, 0.2) is 18.1 Å². The number of esters is 1. The molecule has 3 heterocycles. The van der Waals surface area contributed by atoms with Crippen LogP contribution in [-0.4, -0.2) is 41.2 Å². The van der Waals surface area contributed by atoms with Crippen molar-refractivity contribution in [1.82, 2.24) is 9.55 Å². The molecule has 1 aliphatic heterocycles. The van der Waals surface area contributed by atoms with E-state index in [1.807, 2.05) is 0 Å². The molecule has 0 bridgehead atoms. The Hall–Kier alpha value is -3.40. The van der Waals surface area contributed by atoms with Crippen LogP contribution in [0.3, 0.4) is 0 Å². The lowest BCUT2D eigenvalue weighted by Crippen LogP contribution is -2.24. The predicted molar refractivity (Wildman–Crippen MR) is 127 cm³/mol.